The Morgan fingerprint density at radius 1 is 1.17 bits per heavy atom. The Balaban J connectivity index is 1.54. The van der Waals surface area contributed by atoms with Gasteiger partial charge in [-0.2, -0.15) is 0 Å². The zero-order chi connectivity index (χ0) is 16.8. The van der Waals surface area contributed by atoms with Crippen molar-refractivity contribution in [2.24, 2.45) is 4.99 Å². The molecule has 0 unspecified atom stereocenters. The number of aliphatic imine (C=N–C) groups is 1. The van der Waals surface area contributed by atoms with Gasteiger partial charge in [0.1, 0.15) is 0 Å². The first-order valence-electron chi connectivity index (χ1n) is 8.22. The highest BCUT2D eigenvalue weighted by Gasteiger charge is 2.08. The average molecular weight is 340 g/mol. The van der Waals surface area contributed by atoms with Crippen molar-refractivity contribution in [2.75, 3.05) is 25.0 Å². The van der Waals surface area contributed by atoms with Gasteiger partial charge in [-0.25, -0.2) is 0 Å². The Morgan fingerprint density at radius 3 is 2.67 bits per heavy atom. The highest BCUT2D eigenvalue weighted by molar-refractivity contribution is 7.10. The molecule has 1 aliphatic rings. The van der Waals surface area contributed by atoms with E-state index in [-0.39, 0.29) is 0 Å². The standard InChI is InChI=1S/C19H24N4S/c1-15-8-11-24-18(15)14-22-19(20-2)21-13-16-6-5-7-17(12-16)23-9-3-4-10-23/h3-8,11-12H,9-10,13-14H2,1-2H3,(H2,20,21,22). The summed E-state index contributed by atoms with van der Waals surface area (Å²) in [5, 5.41) is 8.90. The molecule has 1 aliphatic heterocycles. The molecular formula is C19H24N4S. The van der Waals surface area contributed by atoms with Gasteiger partial charge in [-0.1, -0.05) is 24.3 Å². The summed E-state index contributed by atoms with van der Waals surface area (Å²) in [5.41, 5.74) is 3.86. The lowest BCUT2D eigenvalue weighted by atomic mass is 10.2. The number of benzene rings is 1. The predicted molar refractivity (Wildman–Crippen MR) is 104 cm³/mol. The van der Waals surface area contributed by atoms with Gasteiger partial charge in [0.15, 0.2) is 5.96 Å². The number of aryl methyl sites for hydroxylation is 1. The molecule has 0 bridgehead atoms. The Hall–Kier alpha value is -2.27. The van der Waals surface area contributed by atoms with Crippen LogP contribution in [0.25, 0.3) is 0 Å². The van der Waals surface area contributed by atoms with Crippen molar-refractivity contribution in [1.29, 1.82) is 0 Å². The molecule has 0 radical (unpaired) electrons. The van der Waals surface area contributed by atoms with E-state index in [0.717, 1.165) is 32.1 Å². The van der Waals surface area contributed by atoms with Crippen LogP contribution in [0.4, 0.5) is 5.69 Å². The fraction of sp³-hybridized carbons (Fsp3) is 0.316. The summed E-state index contributed by atoms with van der Waals surface area (Å²) in [6.07, 6.45) is 4.42. The van der Waals surface area contributed by atoms with E-state index < -0.39 is 0 Å². The third-order valence-electron chi connectivity index (χ3n) is 4.16. The van der Waals surface area contributed by atoms with E-state index in [1.807, 2.05) is 7.05 Å². The van der Waals surface area contributed by atoms with Crippen molar-refractivity contribution in [3.63, 3.8) is 0 Å². The van der Waals surface area contributed by atoms with Crippen LogP contribution in [0.1, 0.15) is 16.0 Å². The molecule has 5 heteroatoms. The van der Waals surface area contributed by atoms with E-state index in [9.17, 15) is 0 Å². The number of guanidine groups is 1. The van der Waals surface area contributed by atoms with Crippen molar-refractivity contribution in [3.8, 4) is 0 Å². The van der Waals surface area contributed by atoms with Crippen LogP contribution in [0.15, 0.2) is 52.9 Å². The summed E-state index contributed by atoms with van der Waals surface area (Å²) >= 11 is 1.78. The number of hydrogen-bond donors (Lipinski definition) is 2. The van der Waals surface area contributed by atoms with Gasteiger partial charge < -0.3 is 15.5 Å². The monoisotopic (exact) mass is 340 g/mol. The summed E-state index contributed by atoms with van der Waals surface area (Å²) in [6, 6.07) is 10.8. The zero-order valence-corrected chi connectivity index (χ0v) is 15.1. The summed E-state index contributed by atoms with van der Waals surface area (Å²) in [6.45, 7) is 5.71. The molecule has 0 atom stereocenters. The molecule has 126 valence electrons. The number of rotatable bonds is 5. The molecule has 3 rings (SSSR count). The quantitative estimate of drug-likeness (QED) is 0.498. The first-order valence-corrected chi connectivity index (χ1v) is 9.10. The molecule has 0 amide bonds. The van der Waals surface area contributed by atoms with Gasteiger partial charge in [0.05, 0.1) is 6.54 Å². The molecule has 0 spiro atoms. The summed E-state index contributed by atoms with van der Waals surface area (Å²) in [5.74, 6) is 0.830. The number of anilines is 1. The largest absolute Gasteiger partial charge is 0.364 e. The lowest BCUT2D eigenvalue weighted by molar-refractivity contribution is 0.813. The van der Waals surface area contributed by atoms with Gasteiger partial charge in [-0.05, 0) is 41.6 Å². The van der Waals surface area contributed by atoms with Crippen LogP contribution in [-0.2, 0) is 13.1 Å². The second kappa shape index (κ2) is 8.02. The molecule has 4 nitrogen and oxygen atoms in total. The minimum atomic E-state index is 0.762. The molecule has 0 fully saturated rings. The number of nitrogens with zero attached hydrogens (tertiary/aromatic N) is 2. The number of nitrogens with one attached hydrogen (secondary N) is 2. The molecule has 1 aromatic heterocycles. The van der Waals surface area contributed by atoms with E-state index >= 15 is 0 Å². The molecule has 2 N–H and O–H groups in total. The van der Waals surface area contributed by atoms with E-state index in [4.69, 9.17) is 0 Å². The van der Waals surface area contributed by atoms with Crippen molar-refractivity contribution in [3.05, 3.63) is 63.9 Å². The Kier molecular flexibility index (Phi) is 5.54. The Morgan fingerprint density at radius 2 is 1.96 bits per heavy atom. The number of hydrogen-bond acceptors (Lipinski definition) is 3. The van der Waals surface area contributed by atoms with Crippen molar-refractivity contribution in [1.82, 2.24) is 10.6 Å². The Labute approximate surface area is 147 Å². The van der Waals surface area contributed by atoms with Crippen molar-refractivity contribution < 1.29 is 0 Å². The van der Waals surface area contributed by atoms with Crippen LogP contribution in [-0.4, -0.2) is 26.1 Å². The second-order valence-electron chi connectivity index (χ2n) is 5.85. The van der Waals surface area contributed by atoms with Gasteiger partial charge in [-0.3, -0.25) is 4.99 Å². The maximum atomic E-state index is 4.31. The van der Waals surface area contributed by atoms with E-state index in [1.165, 1.54) is 21.7 Å². The lowest BCUT2D eigenvalue weighted by Gasteiger charge is -2.19. The van der Waals surface area contributed by atoms with Gasteiger partial charge in [-0.15, -0.1) is 11.3 Å². The van der Waals surface area contributed by atoms with E-state index in [2.05, 4.69) is 75.3 Å². The minimum absolute atomic E-state index is 0.762. The third kappa shape index (κ3) is 4.17. The van der Waals surface area contributed by atoms with Gasteiger partial charge in [0, 0.05) is 37.2 Å². The predicted octanol–water partition coefficient (Wildman–Crippen LogP) is 3.30. The zero-order valence-electron chi connectivity index (χ0n) is 14.2. The molecule has 2 heterocycles. The normalized spacial score (nSPS) is 14.2. The van der Waals surface area contributed by atoms with Crippen LogP contribution in [0.2, 0.25) is 0 Å². The molecule has 24 heavy (non-hydrogen) atoms. The molecule has 0 saturated carbocycles. The summed E-state index contributed by atoms with van der Waals surface area (Å²) < 4.78 is 0. The maximum absolute atomic E-state index is 4.31. The molecule has 2 aromatic rings. The van der Waals surface area contributed by atoms with Crippen LogP contribution in [0.5, 0.6) is 0 Å². The van der Waals surface area contributed by atoms with Gasteiger partial charge in [0.25, 0.3) is 0 Å². The minimum Gasteiger partial charge on any atom is -0.364 e. The molecule has 1 aromatic carbocycles. The maximum Gasteiger partial charge on any atom is 0.191 e. The van der Waals surface area contributed by atoms with Gasteiger partial charge >= 0.3 is 0 Å². The van der Waals surface area contributed by atoms with E-state index in [0.29, 0.717) is 0 Å². The first-order chi connectivity index (χ1) is 11.8. The second-order valence-corrected chi connectivity index (χ2v) is 6.85. The SMILES string of the molecule is CN=C(NCc1cccc(N2CC=CC2)c1)NCc1sccc1C. The molecule has 0 aliphatic carbocycles. The first kappa shape index (κ1) is 16.6. The lowest BCUT2D eigenvalue weighted by Crippen LogP contribution is -2.36. The number of thiophene rings is 1. The molecular weight excluding hydrogens is 316 g/mol. The Bertz CT molecular complexity index is 724. The van der Waals surface area contributed by atoms with Gasteiger partial charge in [0.2, 0.25) is 0 Å². The summed E-state index contributed by atoms with van der Waals surface area (Å²) in [7, 11) is 1.81. The average Bonchev–Trinajstić information content (AvgIpc) is 3.27. The highest BCUT2D eigenvalue weighted by atomic mass is 32.1. The molecule has 0 saturated heterocycles. The topological polar surface area (TPSA) is 39.7 Å². The fourth-order valence-corrected chi connectivity index (χ4v) is 3.55. The van der Waals surface area contributed by atoms with Crippen LogP contribution >= 0.6 is 11.3 Å². The van der Waals surface area contributed by atoms with Crippen LogP contribution in [0, 0.1) is 6.92 Å². The van der Waals surface area contributed by atoms with E-state index in [1.54, 1.807) is 11.3 Å². The van der Waals surface area contributed by atoms with Crippen LogP contribution in [0.3, 0.4) is 0 Å². The van der Waals surface area contributed by atoms with Crippen LogP contribution < -0.4 is 15.5 Å². The smallest absolute Gasteiger partial charge is 0.191 e. The summed E-state index contributed by atoms with van der Waals surface area (Å²) in [4.78, 5) is 8.02. The fourth-order valence-electron chi connectivity index (χ4n) is 2.71. The third-order valence-corrected chi connectivity index (χ3v) is 5.19. The highest BCUT2D eigenvalue weighted by Crippen LogP contribution is 2.18. The van der Waals surface area contributed by atoms with Crippen molar-refractivity contribution in [2.45, 2.75) is 20.0 Å². The van der Waals surface area contributed by atoms with Crippen molar-refractivity contribution >= 4 is 23.0 Å².